The minimum absolute atomic E-state index is 0.0940. The van der Waals surface area contributed by atoms with Crippen LogP contribution in [0.3, 0.4) is 0 Å². The highest BCUT2D eigenvalue weighted by atomic mass is 19.4. The lowest BCUT2D eigenvalue weighted by molar-refractivity contribution is -0.150. The van der Waals surface area contributed by atoms with E-state index < -0.39 is 12.2 Å². The number of furan rings is 1. The quantitative estimate of drug-likeness (QED) is 0.804. The first-order valence-corrected chi connectivity index (χ1v) is 5.09. The number of halogens is 3. The second-order valence-electron chi connectivity index (χ2n) is 3.84. The molecular formula is C10H13F3N2O. The predicted molar refractivity (Wildman–Crippen MR) is 53.5 cm³/mol. The van der Waals surface area contributed by atoms with Gasteiger partial charge < -0.3 is 14.6 Å². The van der Waals surface area contributed by atoms with E-state index in [2.05, 4.69) is 5.32 Å². The fraction of sp³-hybridized carbons (Fsp3) is 0.600. The van der Waals surface area contributed by atoms with Crippen LogP contribution < -0.4 is 10.2 Å². The third kappa shape index (κ3) is 2.16. The van der Waals surface area contributed by atoms with E-state index in [0.29, 0.717) is 24.7 Å². The first-order valence-electron chi connectivity index (χ1n) is 5.09. The number of nitrogens with one attached hydrogen (secondary N) is 1. The number of anilines is 1. The molecule has 1 aromatic rings. The zero-order chi connectivity index (χ0) is 11.8. The highest BCUT2D eigenvalue weighted by molar-refractivity contribution is 5.39. The number of hydrogen-bond donors (Lipinski definition) is 1. The van der Waals surface area contributed by atoms with Crippen LogP contribution in [0.4, 0.5) is 19.1 Å². The molecule has 1 atom stereocenters. The zero-order valence-corrected chi connectivity index (χ0v) is 8.84. The minimum atomic E-state index is -4.24. The molecule has 1 aromatic heterocycles. The van der Waals surface area contributed by atoms with Gasteiger partial charge in [-0.1, -0.05) is 0 Å². The topological polar surface area (TPSA) is 28.4 Å². The smallest absolute Gasteiger partial charge is 0.410 e. The molecule has 1 N–H and O–H groups in total. The lowest BCUT2D eigenvalue weighted by Gasteiger charge is -2.36. The van der Waals surface area contributed by atoms with Crippen molar-refractivity contribution in [3.05, 3.63) is 17.9 Å². The highest BCUT2D eigenvalue weighted by Gasteiger charge is 2.45. The Morgan fingerprint density at radius 3 is 2.75 bits per heavy atom. The Kier molecular flexibility index (Phi) is 2.84. The lowest BCUT2D eigenvalue weighted by Crippen LogP contribution is -2.58. The molecule has 3 nitrogen and oxygen atoms in total. The lowest BCUT2D eigenvalue weighted by atomic mass is 10.2. The summed E-state index contributed by atoms with van der Waals surface area (Å²) in [7, 11) is 0. The standard InChI is InChI=1S/C10H13F3N2O/c1-7-2-3-9(16-7)15-5-4-14-6-8(15)10(11,12)13/h2-3,8,14H,4-6H2,1H3. The fourth-order valence-corrected chi connectivity index (χ4v) is 1.84. The molecule has 6 heteroatoms. The van der Waals surface area contributed by atoms with E-state index in [1.165, 1.54) is 4.90 Å². The fourth-order valence-electron chi connectivity index (χ4n) is 1.84. The average molecular weight is 234 g/mol. The third-order valence-electron chi connectivity index (χ3n) is 2.63. The van der Waals surface area contributed by atoms with Crippen molar-refractivity contribution in [3.63, 3.8) is 0 Å². The summed E-state index contributed by atoms with van der Waals surface area (Å²) in [6.07, 6.45) is -4.24. The van der Waals surface area contributed by atoms with Crippen LogP contribution in [-0.2, 0) is 0 Å². The van der Waals surface area contributed by atoms with Gasteiger partial charge in [0.25, 0.3) is 0 Å². The molecule has 2 rings (SSSR count). The maximum Gasteiger partial charge on any atom is 0.410 e. The Labute approximate surface area is 91.2 Å². The number of alkyl halides is 3. The normalized spacial score (nSPS) is 22.5. The van der Waals surface area contributed by atoms with Gasteiger partial charge in [-0.25, -0.2) is 0 Å². The molecule has 0 saturated carbocycles. The van der Waals surface area contributed by atoms with Crippen LogP contribution >= 0.6 is 0 Å². The van der Waals surface area contributed by atoms with E-state index in [-0.39, 0.29) is 6.54 Å². The van der Waals surface area contributed by atoms with Gasteiger partial charge in [-0.2, -0.15) is 13.2 Å². The average Bonchev–Trinajstić information content (AvgIpc) is 2.64. The summed E-state index contributed by atoms with van der Waals surface area (Å²) in [6.45, 7) is 2.46. The summed E-state index contributed by atoms with van der Waals surface area (Å²) < 4.78 is 43.5. The van der Waals surface area contributed by atoms with Gasteiger partial charge in [0, 0.05) is 25.7 Å². The second-order valence-corrected chi connectivity index (χ2v) is 3.84. The summed E-state index contributed by atoms with van der Waals surface area (Å²) in [5.74, 6) is 0.913. The van der Waals surface area contributed by atoms with E-state index in [1.807, 2.05) is 0 Å². The van der Waals surface area contributed by atoms with Crippen LogP contribution in [0.1, 0.15) is 5.76 Å². The Bertz CT molecular complexity index is 361. The van der Waals surface area contributed by atoms with E-state index in [9.17, 15) is 13.2 Å². The molecule has 1 saturated heterocycles. The molecule has 90 valence electrons. The number of rotatable bonds is 1. The summed E-state index contributed by atoms with van der Waals surface area (Å²) >= 11 is 0. The van der Waals surface area contributed by atoms with Crippen molar-refractivity contribution < 1.29 is 17.6 Å². The molecule has 0 aromatic carbocycles. The van der Waals surface area contributed by atoms with Gasteiger partial charge in [-0.05, 0) is 13.0 Å². The van der Waals surface area contributed by atoms with E-state index >= 15 is 0 Å². The predicted octanol–water partition coefficient (Wildman–Crippen LogP) is 1.93. The summed E-state index contributed by atoms with van der Waals surface area (Å²) in [6, 6.07) is 1.75. The molecule has 0 bridgehead atoms. The first-order chi connectivity index (χ1) is 7.48. The van der Waals surface area contributed by atoms with E-state index in [0.717, 1.165) is 0 Å². The number of aryl methyl sites for hydroxylation is 1. The Morgan fingerprint density at radius 1 is 1.44 bits per heavy atom. The molecule has 1 unspecified atom stereocenters. The molecule has 0 spiro atoms. The van der Waals surface area contributed by atoms with Crippen LogP contribution in [0.15, 0.2) is 16.5 Å². The van der Waals surface area contributed by atoms with Crippen LogP contribution in [0.25, 0.3) is 0 Å². The number of nitrogens with zero attached hydrogens (tertiary/aromatic N) is 1. The van der Waals surface area contributed by atoms with Gasteiger partial charge in [0.1, 0.15) is 11.8 Å². The maximum absolute atomic E-state index is 12.8. The van der Waals surface area contributed by atoms with Gasteiger partial charge in [0.15, 0.2) is 5.88 Å². The van der Waals surface area contributed by atoms with Gasteiger partial charge >= 0.3 is 6.18 Å². The van der Waals surface area contributed by atoms with Gasteiger partial charge in [-0.15, -0.1) is 0 Å². The molecule has 1 aliphatic rings. The Hall–Kier alpha value is -1.17. The van der Waals surface area contributed by atoms with E-state index in [1.54, 1.807) is 19.1 Å². The maximum atomic E-state index is 12.8. The van der Waals surface area contributed by atoms with Gasteiger partial charge in [0.2, 0.25) is 0 Å². The monoisotopic (exact) mass is 234 g/mol. The molecule has 2 heterocycles. The van der Waals surface area contributed by atoms with Crippen LogP contribution in [-0.4, -0.2) is 31.9 Å². The van der Waals surface area contributed by atoms with E-state index in [4.69, 9.17) is 4.42 Å². The number of hydrogen-bond acceptors (Lipinski definition) is 3. The molecule has 16 heavy (non-hydrogen) atoms. The second kappa shape index (κ2) is 4.01. The largest absolute Gasteiger partial charge is 0.446 e. The number of piperazine rings is 1. The summed E-state index contributed by atoms with van der Waals surface area (Å²) in [4.78, 5) is 1.27. The Balaban J connectivity index is 2.23. The summed E-state index contributed by atoms with van der Waals surface area (Å²) in [5.41, 5.74) is 0. The molecular weight excluding hydrogens is 221 g/mol. The molecule has 1 aliphatic heterocycles. The van der Waals surface area contributed by atoms with Crippen molar-refractivity contribution in [1.82, 2.24) is 5.32 Å². The van der Waals surface area contributed by atoms with Crippen LogP contribution in [0, 0.1) is 6.92 Å². The first kappa shape index (κ1) is 11.3. The van der Waals surface area contributed by atoms with Crippen molar-refractivity contribution >= 4 is 5.88 Å². The van der Waals surface area contributed by atoms with Crippen molar-refractivity contribution in [2.45, 2.75) is 19.1 Å². The minimum Gasteiger partial charge on any atom is -0.446 e. The van der Waals surface area contributed by atoms with Gasteiger partial charge in [0.05, 0.1) is 0 Å². The molecule has 0 aliphatic carbocycles. The SMILES string of the molecule is Cc1ccc(N2CCNCC2C(F)(F)F)o1. The van der Waals surface area contributed by atoms with Crippen molar-refractivity contribution in [2.75, 3.05) is 24.5 Å². The zero-order valence-electron chi connectivity index (χ0n) is 8.84. The Morgan fingerprint density at radius 2 is 2.19 bits per heavy atom. The van der Waals surface area contributed by atoms with Crippen molar-refractivity contribution in [2.24, 2.45) is 0 Å². The van der Waals surface area contributed by atoms with Crippen LogP contribution in [0.2, 0.25) is 0 Å². The summed E-state index contributed by atoms with van der Waals surface area (Å²) in [5, 5.41) is 2.74. The third-order valence-corrected chi connectivity index (χ3v) is 2.63. The molecule has 1 fully saturated rings. The highest BCUT2D eigenvalue weighted by Crippen LogP contribution is 2.30. The molecule has 0 radical (unpaired) electrons. The van der Waals surface area contributed by atoms with Crippen LogP contribution in [0.5, 0.6) is 0 Å². The van der Waals surface area contributed by atoms with Crippen molar-refractivity contribution in [1.29, 1.82) is 0 Å². The van der Waals surface area contributed by atoms with Gasteiger partial charge in [-0.3, -0.25) is 0 Å². The molecule has 0 amide bonds. The van der Waals surface area contributed by atoms with Crippen molar-refractivity contribution in [3.8, 4) is 0 Å².